The van der Waals surface area contributed by atoms with Gasteiger partial charge in [-0.15, -0.1) is 0 Å². The van der Waals surface area contributed by atoms with Crippen molar-refractivity contribution in [2.75, 3.05) is 18.9 Å². The highest BCUT2D eigenvalue weighted by atomic mass is 32.2. The van der Waals surface area contributed by atoms with Crippen molar-refractivity contribution < 1.29 is 26.3 Å². The van der Waals surface area contributed by atoms with Crippen LogP contribution in [0.2, 0.25) is 0 Å². The Balaban J connectivity index is 1.62. The first-order valence-electron chi connectivity index (χ1n) is 8.71. The number of halogens is 3. The van der Waals surface area contributed by atoms with Crippen LogP contribution in [-0.4, -0.2) is 37.7 Å². The molecule has 26 heavy (non-hydrogen) atoms. The number of allylic oxidation sites excluding steroid dienone is 1. The molecule has 0 radical (unpaired) electrons. The zero-order chi connectivity index (χ0) is 18.8. The maximum atomic E-state index is 12.9. The van der Waals surface area contributed by atoms with Crippen molar-refractivity contribution in [1.29, 1.82) is 0 Å². The van der Waals surface area contributed by atoms with E-state index in [-0.39, 0.29) is 18.4 Å². The van der Waals surface area contributed by atoms with E-state index in [4.69, 9.17) is 4.74 Å². The second-order valence-electron chi connectivity index (χ2n) is 6.65. The smallest absolute Gasteiger partial charge is 0.374 e. The summed E-state index contributed by atoms with van der Waals surface area (Å²) in [5.74, 6) is -0.0511. The third kappa shape index (κ3) is 4.66. The highest BCUT2D eigenvalue weighted by Crippen LogP contribution is 2.32. The van der Waals surface area contributed by atoms with Gasteiger partial charge in [0, 0.05) is 19.7 Å². The SMILES string of the molecule is O=S(=O)(CC/C=C/[C@H]1CCCO1)N1CCc2ccc(C(F)(F)F)cc2C1. The van der Waals surface area contributed by atoms with Gasteiger partial charge in [-0.2, -0.15) is 17.5 Å². The van der Waals surface area contributed by atoms with Gasteiger partial charge in [0.1, 0.15) is 0 Å². The van der Waals surface area contributed by atoms with Gasteiger partial charge < -0.3 is 4.74 Å². The molecule has 2 heterocycles. The van der Waals surface area contributed by atoms with Gasteiger partial charge in [-0.05, 0) is 48.9 Å². The van der Waals surface area contributed by atoms with Gasteiger partial charge in [0.05, 0.1) is 17.4 Å². The van der Waals surface area contributed by atoms with Crippen LogP contribution in [0.5, 0.6) is 0 Å². The van der Waals surface area contributed by atoms with Crippen molar-refractivity contribution in [3.8, 4) is 0 Å². The molecule has 3 rings (SSSR count). The standard InChI is InChI=1S/C18H22F3NO3S/c19-18(20,21)16-7-6-14-8-9-22(13-15(14)12-16)26(23,24)11-2-1-4-17-5-3-10-25-17/h1,4,6-7,12,17H,2-3,5,8-11,13H2/b4-1+/t17-/m0/s1. The number of fused-ring (bicyclic) bond motifs is 1. The van der Waals surface area contributed by atoms with Crippen LogP contribution in [0.15, 0.2) is 30.4 Å². The summed E-state index contributed by atoms with van der Waals surface area (Å²) in [6.45, 7) is 1.04. The van der Waals surface area contributed by atoms with Gasteiger partial charge in [0.25, 0.3) is 0 Å². The Morgan fingerprint density at radius 1 is 1.27 bits per heavy atom. The zero-order valence-electron chi connectivity index (χ0n) is 14.3. The van der Waals surface area contributed by atoms with E-state index in [0.29, 0.717) is 24.9 Å². The van der Waals surface area contributed by atoms with Crippen LogP contribution >= 0.6 is 0 Å². The minimum absolute atomic E-state index is 0.00294. The maximum absolute atomic E-state index is 12.9. The van der Waals surface area contributed by atoms with Crippen LogP contribution in [0.25, 0.3) is 0 Å². The van der Waals surface area contributed by atoms with Crippen molar-refractivity contribution >= 4 is 10.0 Å². The molecule has 1 fully saturated rings. The molecule has 2 aliphatic rings. The predicted octanol–water partition coefficient (Wildman–Crippen LogP) is 3.52. The molecule has 1 aromatic carbocycles. The fourth-order valence-corrected chi connectivity index (χ4v) is 4.69. The average Bonchev–Trinajstić information content (AvgIpc) is 3.10. The highest BCUT2D eigenvalue weighted by molar-refractivity contribution is 7.89. The molecule has 0 aromatic heterocycles. The maximum Gasteiger partial charge on any atom is 0.416 e. The number of alkyl halides is 3. The summed E-state index contributed by atoms with van der Waals surface area (Å²) in [4.78, 5) is 0. The van der Waals surface area contributed by atoms with Crippen LogP contribution in [0.1, 0.15) is 36.0 Å². The van der Waals surface area contributed by atoms with Crippen LogP contribution in [-0.2, 0) is 33.9 Å². The second-order valence-corrected chi connectivity index (χ2v) is 8.74. The van der Waals surface area contributed by atoms with Crippen LogP contribution in [0.4, 0.5) is 13.2 Å². The number of rotatable bonds is 5. The first-order chi connectivity index (χ1) is 12.3. The lowest BCUT2D eigenvalue weighted by Gasteiger charge is -2.28. The molecular weight excluding hydrogens is 367 g/mol. The van der Waals surface area contributed by atoms with Gasteiger partial charge in [-0.3, -0.25) is 0 Å². The van der Waals surface area contributed by atoms with E-state index < -0.39 is 21.8 Å². The molecule has 1 atom stereocenters. The summed E-state index contributed by atoms with van der Waals surface area (Å²) >= 11 is 0. The van der Waals surface area contributed by atoms with Crippen molar-refractivity contribution in [3.05, 3.63) is 47.0 Å². The van der Waals surface area contributed by atoms with Crippen molar-refractivity contribution in [2.24, 2.45) is 0 Å². The van der Waals surface area contributed by atoms with Crippen molar-refractivity contribution in [3.63, 3.8) is 0 Å². The number of benzene rings is 1. The Morgan fingerprint density at radius 3 is 2.77 bits per heavy atom. The van der Waals surface area contributed by atoms with E-state index in [1.54, 1.807) is 0 Å². The summed E-state index contributed by atoms with van der Waals surface area (Å²) in [6.07, 6.45) is 2.11. The Bertz CT molecular complexity index is 768. The third-order valence-corrected chi connectivity index (χ3v) is 6.61. The number of hydrogen-bond acceptors (Lipinski definition) is 3. The minimum Gasteiger partial charge on any atom is -0.374 e. The summed E-state index contributed by atoms with van der Waals surface area (Å²) in [7, 11) is -3.51. The average molecular weight is 389 g/mol. The normalized spacial score (nSPS) is 22.0. The lowest BCUT2D eigenvalue weighted by Crippen LogP contribution is -2.37. The van der Waals surface area contributed by atoms with Crippen molar-refractivity contribution in [1.82, 2.24) is 4.31 Å². The number of hydrogen-bond donors (Lipinski definition) is 0. The fourth-order valence-electron chi connectivity index (χ4n) is 3.29. The first-order valence-corrected chi connectivity index (χ1v) is 10.3. The topological polar surface area (TPSA) is 46.6 Å². The zero-order valence-corrected chi connectivity index (χ0v) is 15.2. The van der Waals surface area contributed by atoms with E-state index in [1.807, 2.05) is 12.2 Å². The van der Waals surface area contributed by atoms with Crippen LogP contribution in [0, 0.1) is 0 Å². The van der Waals surface area contributed by atoms with E-state index in [9.17, 15) is 21.6 Å². The number of ether oxygens (including phenoxy) is 1. The van der Waals surface area contributed by atoms with Gasteiger partial charge in [-0.25, -0.2) is 8.42 Å². The quantitative estimate of drug-likeness (QED) is 0.724. The van der Waals surface area contributed by atoms with E-state index in [2.05, 4.69) is 0 Å². The Labute approximate surface area is 151 Å². The van der Waals surface area contributed by atoms with Gasteiger partial charge in [0.15, 0.2) is 0 Å². The molecule has 0 spiro atoms. The van der Waals surface area contributed by atoms with Gasteiger partial charge in [-0.1, -0.05) is 18.2 Å². The molecule has 8 heteroatoms. The Hall–Kier alpha value is -1.38. The highest BCUT2D eigenvalue weighted by Gasteiger charge is 2.33. The molecule has 0 saturated carbocycles. The minimum atomic E-state index is -4.43. The van der Waals surface area contributed by atoms with Gasteiger partial charge >= 0.3 is 6.18 Å². The van der Waals surface area contributed by atoms with Crippen LogP contribution < -0.4 is 0 Å². The van der Waals surface area contributed by atoms with E-state index in [1.165, 1.54) is 10.4 Å². The first kappa shape index (κ1) is 19.4. The molecule has 0 bridgehead atoms. The molecule has 144 valence electrons. The van der Waals surface area contributed by atoms with E-state index >= 15 is 0 Å². The Morgan fingerprint density at radius 2 is 2.08 bits per heavy atom. The van der Waals surface area contributed by atoms with Crippen LogP contribution in [0.3, 0.4) is 0 Å². The molecule has 1 aromatic rings. The lowest BCUT2D eigenvalue weighted by molar-refractivity contribution is -0.137. The summed E-state index contributed by atoms with van der Waals surface area (Å²) in [5.41, 5.74) is 0.474. The molecule has 0 amide bonds. The van der Waals surface area contributed by atoms with Gasteiger partial charge in [0.2, 0.25) is 10.0 Å². The largest absolute Gasteiger partial charge is 0.416 e. The Kier molecular flexibility index (Phi) is 5.74. The molecule has 4 nitrogen and oxygen atoms in total. The van der Waals surface area contributed by atoms with E-state index in [0.717, 1.165) is 37.1 Å². The molecular formula is C18H22F3NO3S. The summed E-state index contributed by atoms with van der Waals surface area (Å²) in [6, 6.07) is 3.57. The fraction of sp³-hybridized carbons (Fsp3) is 0.556. The summed E-state index contributed by atoms with van der Waals surface area (Å²) < 4.78 is 70.4. The number of sulfonamides is 1. The molecule has 1 saturated heterocycles. The predicted molar refractivity (Wildman–Crippen MR) is 92.1 cm³/mol. The molecule has 0 N–H and O–H groups in total. The lowest BCUT2D eigenvalue weighted by atomic mass is 9.98. The van der Waals surface area contributed by atoms with Crippen molar-refractivity contribution in [2.45, 2.75) is 44.5 Å². The molecule has 0 aliphatic carbocycles. The molecule has 0 unspecified atom stereocenters. The summed E-state index contributed by atoms with van der Waals surface area (Å²) in [5, 5.41) is 0. The second kappa shape index (κ2) is 7.70. The molecule has 2 aliphatic heterocycles. The monoisotopic (exact) mass is 389 g/mol. The third-order valence-electron chi connectivity index (χ3n) is 4.76. The number of nitrogens with zero attached hydrogens (tertiary/aromatic N) is 1.